The summed E-state index contributed by atoms with van der Waals surface area (Å²) in [5.41, 5.74) is 1.19. The van der Waals surface area contributed by atoms with Gasteiger partial charge in [0.1, 0.15) is 10.6 Å². The molecule has 0 saturated carbocycles. The number of methoxy groups -OCH3 is 1. The van der Waals surface area contributed by atoms with Crippen LogP contribution >= 0.6 is 11.6 Å². The van der Waals surface area contributed by atoms with Crippen LogP contribution in [0.3, 0.4) is 0 Å². The first-order valence-corrected chi connectivity index (χ1v) is 12.2. The van der Waals surface area contributed by atoms with Gasteiger partial charge in [-0.05, 0) is 49.2 Å². The van der Waals surface area contributed by atoms with Crippen LogP contribution in [0.2, 0.25) is 5.02 Å². The number of amides is 2. The van der Waals surface area contributed by atoms with Gasteiger partial charge in [-0.25, -0.2) is 12.7 Å². The second-order valence-corrected chi connectivity index (χ2v) is 10.3. The Balaban J connectivity index is 1.74. The van der Waals surface area contributed by atoms with Gasteiger partial charge in [-0.2, -0.15) is 0 Å². The lowest BCUT2D eigenvalue weighted by Gasteiger charge is -2.19. The van der Waals surface area contributed by atoms with Gasteiger partial charge >= 0.3 is 0 Å². The van der Waals surface area contributed by atoms with Crippen LogP contribution in [0.25, 0.3) is 0 Å². The number of halogens is 1. The number of carbonyl (C=O) groups excluding carboxylic acids is 2. The first-order chi connectivity index (χ1) is 15.6. The van der Waals surface area contributed by atoms with Crippen molar-refractivity contribution in [1.29, 1.82) is 0 Å². The topological polar surface area (TPSA) is 108 Å². The molecule has 1 fully saturated rings. The molecule has 0 unspecified atom stereocenters. The minimum atomic E-state index is -3.78. The van der Waals surface area contributed by atoms with Crippen molar-refractivity contribution in [2.24, 2.45) is 0 Å². The second-order valence-electron chi connectivity index (χ2n) is 7.74. The monoisotopic (exact) mass is 494 g/mol. The third kappa shape index (κ3) is 5.76. The van der Waals surface area contributed by atoms with Crippen LogP contribution in [-0.4, -0.2) is 70.3 Å². The Morgan fingerprint density at radius 2 is 1.82 bits per heavy atom. The van der Waals surface area contributed by atoms with Crippen LogP contribution < -0.4 is 15.4 Å². The van der Waals surface area contributed by atoms with Crippen molar-refractivity contribution in [3.8, 4) is 5.75 Å². The number of rotatable bonds is 8. The van der Waals surface area contributed by atoms with E-state index in [0.717, 1.165) is 17.1 Å². The summed E-state index contributed by atoms with van der Waals surface area (Å²) >= 11 is 6.10. The molecule has 1 aliphatic heterocycles. The van der Waals surface area contributed by atoms with E-state index in [2.05, 4.69) is 10.6 Å². The number of sulfonamides is 1. The van der Waals surface area contributed by atoms with Gasteiger partial charge in [0.2, 0.25) is 15.9 Å². The summed E-state index contributed by atoms with van der Waals surface area (Å²) in [6, 6.07) is 9.25. The van der Waals surface area contributed by atoms with E-state index in [1.54, 1.807) is 29.2 Å². The highest BCUT2D eigenvalue weighted by Gasteiger charge is 2.24. The molecule has 2 amide bonds. The molecule has 0 aliphatic carbocycles. The molecule has 33 heavy (non-hydrogen) atoms. The zero-order valence-corrected chi connectivity index (χ0v) is 20.3. The van der Waals surface area contributed by atoms with Gasteiger partial charge in [0.25, 0.3) is 5.91 Å². The van der Waals surface area contributed by atoms with E-state index in [-0.39, 0.29) is 23.1 Å². The number of nitrogens with one attached hydrogen (secondary N) is 2. The average molecular weight is 495 g/mol. The third-order valence-electron chi connectivity index (χ3n) is 5.25. The maximum Gasteiger partial charge on any atom is 0.255 e. The molecule has 1 saturated heterocycles. The molecular weight excluding hydrogens is 468 g/mol. The highest BCUT2D eigenvalue weighted by Crippen LogP contribution is 2.29. The summed E-state index contributed by atoms with van der Waals surface area (Å²) in [6.07, 6.45) is 1.94. The Morgan fingerprint density at radius 3 is 2.45 bits per heavy atom. The fraction of sp³-hybridized carbons (Fsp3) is 0.364. The molecule has 2 aromatic carbocycles. The number of hydrogen-bond acceptors (Lipinski definition) is 6. The van der Waals surface area contributed by atoms with Crippen LogP contribution in [0, 0.1) is 0 Å². The van der Waals surface area contributed by atoms with Crippen molar-refractivity contribution in [3.05, 3.63) is 47.0 Å². The molecule has 9 nitrogen and oxygen atoms in total. The molecule has 3 rings (SSSR count). The summed E-state index contributed by atoms with van der Waals surface area (Å²) < 4.78 is 31.4. The number of carbonyl (C=O) groups is 2. The van der Waals surface area contributed by atoms with Crippen LogP contribution in [0.1, 0.15) is 23.2 Å². The highest BCUT2D eigenvalue weighted by molar-refractivity contribution is 7.89. The van der Waals surface area contributed by atoms with Gasteiger partial charge in [0.05, 0.1) is 19.2 Å². The van der Waals surface area contributed by atoms with Gasteiger partial charge in [0, 0.05) is 43.6 Å². The lowest BCUT2D eigenvalue weighted by Crippen LogP contribution is -2.29. The van der Waals surface area contributed by atoms with E-state index in [0.29, 0.717) is 35.1 Å². The number of nitrogens with zero attached hydrogens (tertiary/aromatic N) is 2. The van der Waals surface area contributed by atoms with Crippen LogP contribution in [0.15, 0.2) is 41.3 Å². The Hall–Kier alpha value is -2.82. The fourth-order valence-electron chi connectivity index (χ4n) is 3.47. The molecule has 0 aromatic heterocycles. The van der Waals surface area contributed by atoms with Gasteiger partial charge in [-0.1, -0.05) is 11.6 Å². The van der Waals surface area contributed by atoms with Gasteiger partial charge < -0.3 is 20.3 Å². The first-order valence-electron chi connectivity index (χ1n) is 10.4. The van der Waals surface area contributed by atoms with E-state index in [1.165, 1.54) is 33.3 Å². The molecule has 0 bridgehead atoms. The van der Waals surface area contributed by atoms with E-state index in [1.807, 2.05) is 0 Å². The van der Waals surface area contributed by atoms with Crippen molar-refractivity contribution < 1.29 is 22.7 Å². The molecule has 0 atom stereocenters. The summed E-state index contributed by atoms with van der Waals surface area (Å²) in [4.78, 5) is 27.1. The minimum absolute atomic E-state index is 0.0610. The van der Waals surface area contributed by atoms with E-state index < -0.39 is 15.9 Å². The summed E-state index contributed by atoms with van der Waals surface area (Å²) in [5, 5.41) is 6.07. The zero-order valence-electron chi connectivity index (χ0n) is 18.7. The fourth-order valence-corrected chi connectivity index (χ4v) is 4.72. The molecule has 2 aromatic rings. The van der Waals surface area contributed by atoms with Crippen molar-refractivity contribution >= 4 is 44.8 Å². The predicted octanol–water partition coefficient (Wildman–Crippen LogP) is 2.89. The normalized spacial score (nSPS) is 13.8. The highest BCUT2D eigenvalue weighted by atomic mass is 35.5. The Kier molecular flexibility index (Phi) is 7.83. The van der Waals surface area contributed by atoms with Crippen molar-refractivity contribution in [2.75, 3.05) is 51.5 Å². The van der Waals surface area contributed by atoms with E-state index >= 15 is 0 Å². The largest absolute Gasteiger partial charge is 0.495 e. The second kappa shape index (κ2) is 10.4. The van der Waals surface area contributed by atoms with Crippen molar-refractivity contribution in [1.82, 2.24) is 9.21 Å². The summed E-state index contributed by atoms with van der Waals surface area (Å²) in [6.45, 7) is 1.26. The lowest BCUT2D eigenvalue weighted by molar-refractivity contribution is -0.114. The SMILES string of the molecule is COc1ccc(NC(=O)CNc2cc(Cl)ccc2C(=O)N2CCCC2)cc1S(=O)(=O)N(C)C. The number of likely N-dealkylation sites (tertiary alicyclic amines) is 1. The zero-order chi connectivity index (χ0) is 24.2. The quantitative estimate of drug-likeness (QED) is 0.584. The van der Waals surface area contributed by atoms with Crippen LogP contribution in [0.5, 0.6) is 5.75 Å². The van der Waals surface area contributed by atoms with E-state index in [9.17, 15) is 18.0 Å². The molecule has 11 heteroatoms. The van der Waals surface area contributed by atoms with E-state index in [4.69, 9.17) is 16.3 Å². The Labute approximate surface area is 198 Å². The molecule has 1 aliphatic rings. The standard InChI is InChI=1S/C22H27ClN4O5S/c1-26(2)33(30,31)20-13-16(7-9-19(20)32-3)25-21(28)14-24-18-12-15(23)6-8-17(18)22(29)27-10-4-5-11-27/h6-9,12-13,24H,4-5,10-11,14H2,1-3H3,(H,25,28). The number of ether oxygens (including phenoxy) is 1. The Bertz CT molecular complexity index is 1150. The summed E-state index contributed by atoms with van der Waals surface area (Å²) in [7, 11) is 0.422. The molecule has 0 radical (unpaired) electrons. The molecule has 178 valence electrons. The Morgan fingerprint density at radius 1 is 1.12 bits per heavy atom. The minimum Gasteiger partial charge on any atom is -0.495 e. The molecule has 2 N–H and O–H groups in total. The third-order valence-corrected chi connectivity index (χ3v) is 7.32. The summed E-state index contributed by atoms with van der Waals surface area (Å²) in [5.74, 6) is -0.363. The number of hydrogen-bond donors (Lipinski definition) is 2. The molecule has 0 spiro atoms. The van der Waals surface area contributed by atoms with Crippen LogP contribution in [0.4, 0.5) is 11.4 Å². The smallest absolute Gasteiger partial charge is 0.255 e. The predicted molar refractivity (Wildman–Crippen MR) is 128 cm³/mol. The van der Waals surface area contributed by atoms with Crippen LogP contribution in [-0.2, 0) is 14.8 Å². The molecule has 1 heterocycles. The molecular formula is C22H27ClN4O5S. The maximum absolute atomic E-state index is 12.8. The van der Waals surface area contributed by atoms with Gasteiger partial charge in [-0.15, -0.1) is 0 Å². The van der Waals surface area contributed by atoms with Crippen molar-refractivity contribution in [3.63, 3.8) is 0 Å². The average Bonchev–Trinajstić information content (AvgIpc) is 3.32. The lowest BCUT2D eigenvalue weighted by atomic mass is 10.1. The first kappa shape index (κ1) is 24.8. The van der Waals surface area contributed by atoms with Crippen molar-refractivity contribution in [2.45, 2.75) is 17.7 Å². The number of anilines is 2. The van der Waals surface area contributed by atoms with Gasteiger partial charge in [-0.3, -0.25) is 9.59 Å². The maximum atomic E-state index is 12.8. The van der Waals surface area contributed by atoms with Gasteiger partial charge in [0.15, 0.2) is 0 Å². The number of benzene rings is 2.